The number of carbonyl (C=O) groups is 1. The lowest BCUT2D eigenvalue weighted by Crippen LogP contribution is -2.60. The molecule has 5 aliphatic rings. The van der Waals surface area contributed by atoms with Gasteiger partial charge in [-0.05, 0) is 75.8 Å². The van der Waals surface area contributed by atoms with Gasteiger partial charge in [-0.1, -0.05) is 18.2 Å². The Morgan fingerprint density at radius 3 is 2.59 bits per heavy atom. The number of amides is 1. The number of ether oxygens (including phenoxy) is 2. The zero-order chi connectivity index (χ0) is 22.3. The number of nitrogens with one attached hydrogen (secondary N) is 1. The van der Waals surface area contributed by atoms with Crippen LogP contribution in [0.1, 0.15) is 69.8 Å². The van der Waals surface area contributed by atoms with Crippen LogP contribution in [-0.2, 0) is 19.6 Å². The zero-order valence-electron chi connectivity index (χ0n) is 18.8. The molecular weight excluding hydrogens is 428 g/mol. The zero-order valence-corrected chi connectivity index (χ0v) is 19.6. The average Bonchev–Trinajstić information content (AvgIpc) is 3.55. The van der Waals surface area contributed by atoms with Crippen LogP contribution in [0.15, 0.2) is 24.3 Å². The highest BCUT2D eigenvalue weighted by Gasteiger charge is 2.51. The number of sulfonamides is 1. The molecule has 1 N–H and O–H groups in total. The maximum Gasteiger partial charge on any atom is 0.260 e. The van der Waals surface area contributed by atoms with Crippen molar-refractivity contribution in [2.24, 2.45) is 0 Å². The molecule has 3 fully saturated rings. The first-order chi connectivity index (χ1) is 15.4. The first kappa shape index (κ1) is 22.2. The summed E-state index contributed by atoms with van der Waals surface area (Å²) in [6.45, 7) is 2.71. The van der Waals surface area contributed by atoms with Crippen molar-refractivity contribution in [3.8, 4) is 5.75 Å². The number of para-hydroxylation sites is 1. The molecular formula is C24H34N2O5S. The molecule has 1 amide bonds. The van der Waals surface area contributed by atoms with Crippen LogP contribution in [0.2, 0.25) is 0 Å². The Balaban J connectivity index is 1.40. The first-order valence-corrected chi connectivity index (χ1v) is 13.5. The molecule has 176 valence electrons. The Morgan fingerprint density at radius 1 is 1.09 bits per heavy atom. The monoisotopic (exact) mass is 462 g/mol. The Labute approximate surface area is 190 Å². The van der Waals surface area contributed by atoms with Gasteiger partial charge in [0.2, 0.25) is 10.0 Å². The van der Waals surface area contributed by atoms with Crippen LogP contribution >= 0.6 is 0 Å². The van der Waals surface area contributed by atoms with E-state index in [2.05, 4.69) is 10.8 Å². The average molecular weight is 463 g/mol. The number of rotatable bonds is 3. The Bertz CT molecular complexity index is 953. The van der Waals surface area contributed by atoms with Crippen LogP contribution in [0.5, 0.6) is 5.75 Å². The molecule has 3 heterocycles. The number of hydrogen-bond acceptors (Lipinski definition) is 5. The highest BCUT2D eigenvalue weighted by atomic mass is 32.2. The van der Waals surface area contributed by atoms with E-state index in [0.717, 1.165) is 37.9 Å². The third kappa shape index (κ3) is 4.29. The van der Waals surface area contributed by atoms with E-state index < -0.39 is 14.8 Å². The minimum absolute atomic E-state index is 0.0408. The van der Waals surface area contributed by atoms with Gasteiger partial charge in [-0.2, -0.15) is 0 Å². The molecule has 2 aliphatic carbocycles. The highest BCUT2D eigenvalue weighted by Crippen LogP contribution is 2.43. The van der Waals surface area contributed by atoms with E-state index >= 15 is 0 Å². The van der Waals surface area contributed by atoms with Gasteiger partial charge in [-0.15, -0.1) is 0 Å². The third-order valence-corrected chi connectivity index (χ3v) is 10.2. The fraction of sp³-hybridized carbons (Fsp3) is 0.708. The van der Waals surface area contributed by atoms with Crippen molar-refractivity contribution >= 4 is 15.9 Å². The summed E-state index contributed by atoms with van der Waals surface area (Å²) in [4.78, 5) is 15.0. The van der Waals surface area contributed by atoms with Crippen molar-refractivity contribution in [1.29, 1.82) is 0 Å². The van der Waals surface area contributed by atoms with Crippen molar-refractivity contribution in [2.75, 3.05) is 19.8 Å². The number of benzene rings is 1. The summed E-state index contributed by atoms with van der Waals surface area (Å²) in [6.07, 6.45) is 6.99. The van der Waals surface area contributed by atoms with Gasteiger partial charge in [0.1, 0.15) is 5.75 Å². The lowest BCUT2D eigenvalue weighted by Gasteiger charge is -2.42. The molecule has 2 atom stereocenters. The molecule has 0 aromatic heterocycles. The second kappa shape index (κ2) is 8.61. The van der Waals surface area contributed by atoms with Gasteiger partial charge in [0.15, 0.2) is 6.61 Å². The van der Waals surface area contributed by atoms with Gasteiger partial charge < -0.3 is 14.4 Å². The van der Waals surface area contributed by atoms with Gasteiger partial charge in [-0.25, -0.2) is 13.1 Å². The van der Waals surface area contributed by atoms with E-state index in [1.807, 2.05) is 18.2 Å². The minimum Gasteiger partial charge on any atom is -0.483 e. The molecule has 1 saturated heterocycles. The Hall–Kier alpha value is -1.64. The van der Waals surface area contributed by atoms with Crippen LogP contribution in [0.25, 0.3) is 0 Å². The Morgan fingerprint density at radius 2 is 1.84 bits per heavy atom. The molecule has 32 heavy (non-hydrogen) atoms. The summed E-state index contributed by atoms with van der Waals surface area (Å²) in [6, 6.07) is 7.39. The van der Waals surface area contributed by atoms with E-state index in [1.54, 1.807) is 11.8 Å². The molecule has 2 saturated carbocycles. The van der Waals surface area contributed by atoms with Gasteiger partial charge in [0, 0.05) is 12.6 Å². The molecule has 8 heteroatoms. The number of carbonyl (C=O) groups excluding carboxylic acids is 1. The summed E-state index contributed by atoms with van der Waals surface area (Å²) in [5, 5.41) is 0. The SMILES string of the molecule is CC1(S(=O)(=O)NC2CCCN3C(=O)COc4ccccc4C4CCC(CC4)OC[C@@H]23)CC1. The topological polar surface area (TPSA) is 84.9 Å². The van der Waals surface area contributed by atoms with Crippen molar-refractivity contribution in [1.82, 2.24) is 9.62 Å². The van der Waals surface area contributed by atoms with Gasteiger partial charge >= 0.3 is 0 Å². The van der Waals surface area contributed by atoms with Crippen molar-refractivity contribution in [2.45, 2.75) is 87.1 Å². The second-order valence-electron chi connectivity index (χ2n) is 10.1. The molecule has 2 bridgehead atoms. The van der Waals surface area contributed by atoms with E-state index in [-0.39, 0.29) is 30.7 Å². The number of piperidine rings is 1. The number of fused-ring (bicyclic) bond motifs is 5. The molecule has 1 aromatic rings. The predicted octanol–water partition coefficient (Wildman–Crippen LogP) is 2.95. The normalized spacial score (nSPS) is 32.5. The van der Waals surface area contributed by atoms with E-state index in [9.17, 15) is 13.2 Å². The molecule has 1 unspecified atom stereocenters. The second-order valence-corrected chi connectivity index (χ2v) is 12.3. The smallest absolute Gasteiger partial charge is 0.260 e. The summed E-state index contributed by atoms with van der Waals surface area (Å²) in [5.41, 5.74) is 1.18. The standard InChI is InChI=1S/C24H34N2O5S/c1-24(12-13-24)32(28,29)25-20-6-4-14-26-21(20)15-30-18-10-8-17(9-11-18)19-5-2-3-7-22(19)31-16-23(26)27/h2-3,5,7,17-18,20-21,25H,4,6,8-16H2,1H3/t17?,18?,20?,21-/m0/s1. The van der Waals surface area contributed by atoms with E-state index in [0.29, 0.717) is 38.3 Å². The molecule has 0 spiro atoms. The van der Waals surface area contributed by atoms with E-state index in [4.69, 9.17) is 9.47 Å². The van der Waals surface area contributed by atoms with Crippen LogP contribution < -0.4 is 9.46 Å². The fourth-order valence-electron chi connectivity index (χ4n) is 5.44. The molecule has 1 aromatic carbocycles. The molecule has 0 radical (unpaired) electrons. The lowest BCUT2D eigenvalue weighted by atomic mass is 9.82. The summed E-state index contributed by atoms with van der Waals surface area (Å²) >= 11 is 0. The summed E-state index contributed by atoms with van der Waals surface area (Å²) in [7, 11) is -3.44. The predicted molar refractivity (Wildman–Crippen MR) is 121 cm³/mol. The number of hydrogen-bond donors (Lipinski definition) is 1. The first-order valence-electron chi connectivity index (χ1n) is 12.0. The van der Waals surface area contributed by atoms with Crippen molar-refractivity contribution in [3.05, 3.63) is 29.8 Å². The van der Waals surface area contributed by atoms with Crippen molar-refractivity contribution in [3.63, 3.8) is 0 Å². The summed E-state index contributed by atoms with van der Waals surface area (Å²) in [5.74, 6) is 1.10. The maximum atomic E-state index is 13.2. The third-order valence-electron chi connectivity index (χ3n) is 7.90. The highest BCUT2D eigenvalue weighted by molar-refractivity contribution is 7.91. The number of nitrogens with zero attached hydrogens (tertiary/aromatic N) is 1. The van der Waals surface area contributed by atoms with Crippen molar-refractivity contribution < 1.29 is 22.7 Å². The Kier molecular flexibility index (Phi) is 5.97. The van der Waals surface area contributed by atoms with Crippen LogP contribution in [0.3, 0.4) is 0 Å². The quantitative estimate of drug-likeness (QED) is 0.747. The van der Waals surface area contributed by atoms with Crippen LogP contribution in [0, 0.1) is 0 Å². The van der Waals surface area contributed by atoms with Crippen LogP contribution in [0.4, 0.5) is 0 Å². The largest absolute Gasteiger partial charge is 0.483 e. The van der Waals surface area contributed by atoms with Gasteiger partial charge in [0.05, 0.1) is 23.5 Å². The minimum atomic E-state index is -3.44. The van der Waals surface area contributed by atoms with Crippen LogP contribution in [-0.4, -0.2) is 61.9 Å². The molecule has 3 aliphatic heterocycles. The maximum absolute atomic E-state index is 13.2. The molecule has 7 nitrogen and oxygen atoms in total. The van der Waals surface area contributed by atoms with Gasteiger partial charge in [0.25, 0.3) is 5.91 Å². The fourth-order valence-corrected chi connectivity index (χ4v) is 7.04. The van der Waals surface area contributed by atoms with Gasteiger partial charge in [-0.3, -0.25) is 4.79 Å². The van der Waals surface area contributed by atoms with E-state index in [1.165, 1.54) is 5.56 Å². The molecule has 6 rings (SSSR count). The lowest BCUT2D eigenvalue weighted by molar-refractivity contribution is -0.140. The summed E-state index contributed by atoms with van der Waals surface area (Å²) < 4.78 is 40.5.